The molecular formula is C9H19NO3. The lowest BCUT2D eigenvalue weighted by molar-refractivity contribution is -0.204. The maximum Gasteiger partial charge on any atom is 0.247 e. The van der Waals surface area contributed by atoms with Crippen LogP contribution in [-0.4, -0.2) is 19.6 Å². The fourth-order valence-corrected chi connectivity index (χ4v) is 0.658. The molecule has 0 unspecified atom stereocenters. The van der Waals surface area contributed by atoms with Crippen molar-refractivity contribution in [2.75, 3.05) is 13.2 Å². The van der Waals surface area contributed by atoms with Crippen LogP contribution in [0.5, 0.6) is 0 Å². The Kier molecular flexibility index (Phi) is 9.08. The van der Waals surface area contributed by atoms with Crippen LogP contribution in [0.25, 0.3) is 0 Å². The van der Waals surface area contributed by atoms with Gasteiger partial charge in [0.25, 0.3) is 0 Å². The zero-order chi connectivity index (χ0) is 9.94. The molecule has 0 bridgehead atoms. The fraction of sp³-hybridized carbons (Fsp3) is 0.778. The summed E-state index contributed by atoms with van der Waals surface area (Å²) in [5.74, 6) is 0. The molecule has 0 heterocycles. The molecule has 0 aromatic heterocycles. The first-order valence-electron chi connectivity index (χ1n) is 4.64. The number of hydrogen-bond donors (Lipinski definition) is 1. The maximum absolute atomic E-state index is 5.17. The van der Waals surface area contributed by atoms with E-state index in [9.17, 15) is 0 Å². The van der Waals surface area contributed by atoms with E-state index >= 15 is 0 Å². The average molecular weight is 189 g/mol. The molecule has 4 heteroatoms. The molecule has 0 saturated heterocycles. The van der Waals surface area contributed by atoms with Crippen LogP contribution in [0.15, 0.2) is 12.3 Å². The first kappa shape index (κ1) is 12.4. The minimum atomic E-state index is -0.489. The highest BCUT2D eigenvalue weighted by atomic mass is 16.8. The molecule has 13 heavy (non-hydrogen) atoms. The van der Waals surface area contributed by atoms with Gasteiger partial charge in [-0.05, 0) is 26.3 Å². The third-order valence-electron chi connectivity index (χ3n) is 1.20. The Morgan fingerprint density at radius 2 is 1.77 bits per heavy atom. The van der Waals surface area contributed by atoms with E-state index < -0.39 is 6.41 Å². The summed E-state index contributed by atoms with van der Waals surface area (Å²) in [7, 11) is 0. The van der Waals surface area contributed by atoms with Gasteiger partial charge in [-0.1, -0.05) is 6.92 Å². The normalized spacial score (nSPS) is 11.4. The van der Waals surface area contributed by atoms with Crippen LogP contribution in [-0.2, 0) is 14.3 Å². The highest BCUT2D eigenvalue weighted by Crippen LogP contribution is 1.91. The van der Waals surface area contributed by atoms with Crippen LogP contribution in [0.3, 0.4) is 0 Å². The molecule has 0 rings (SSSR count). The number of ether oxygens (including phenoxy) is 2. The summed E-state index contributed by atoms with van der Waals surface area (Å²) in [6.07, 6.45) is 3.92. The molecular weight excluding hydrogens is 170 g/mol. The van der Waals surface area contributed by atoms with E-state index in [4.69, 9.17) is 14.3 Å². The molecule has 4 nitrogen and oxygen atoms in total. The minimum Gasteiger partial charge on any atom is -0.412 e. The Balaban J connectivity index is 3.49. The van der Waals surface area contributed by atoms with Gasteiger partial charge in [-0.3, -0.25) is 0 Å². The zero-order valence-electron chi connectivity index (χ0n) is 8.58. The molecule has 0 atom stereocenters. The highest BCUT2D eigenvalue weighted by Gasteiger charge is 2.05. The molecule has 0 aromatic carbocycles. The molecule has 0 aliphatic carbocycles. The molecule has 0 aromatic rings. The maximum atomic E-state index is 5.17. The summed E-state index contributed by atoms with van der Waals surface area (Å²) in [6.45, 7) is 6.99. The third kappa shape index (κ3) is 7.77. The van der Waals surface area contributed by atoms with Gasteiger partial charge >= 0.3 is 0 Å². The van der Waals surface area contributed by atoms with Crippen LogP contribution in [0, 0.1) is 0 Å². The van der Waals surface area contributed by atoms with E-state index in [1.807, 2.05) is 26.8 Å². The Morgan fingerprint density at radius 1 is 1.15 bits per heavy atom. The van der Waals surface area contributed by atoms with E-state index in [0.29, 0.717) is 13.2 Å². The van der Waals surface area contributed by atoms with Crippen LogP contribution in [0.1, 0.15) is 27.2 Å². The molecule has 1 N–H and O–H groups in total. The van der Waals surface area contributed by atoms with Crippen LogP contribution in [0.2, 0.25) is 0 Å². The summed E-state index contributed by atoms with van der Waals surface area (Å²) >= 11 is 0. The molecule has 0 fully saturated rings. The van der Waals surface area contributed by atoms with E-state index in [1.54, 1.807) is 6.26 Å². The van der Waals surface area contributed by atoms with E-state index in [2.05, 4.69) is 5.48 Å². The van der Waals surface area contributed by atoms with Crippen molar-refractivity contribution in [3.63, 3.8) is 0 Å². The predicted molar refractivity (Wildman–Crippen MR) is 50.7 cm³/mol. The van der Waals surface area contributed by atoms with Gasteiger partial charge in [-0.15, -0.1) is 5.48 Å². The van der Waals surface area contributed by atoms with Crippen LogP contribution in [0.4, 0.5) is 0 Å². The van der Waals surface area contributed by atoms with Crippen molar-refractivity contribution in [2.24, 2.45) is 0 Å². The summed E-state index contributed by atoms with van der Waals surface area (Å²) in [6, 6.07) is 0. The smallest absolute Gasteiger partial charge is 0.247 e. The van der Waals surface area contributed by atoms with Gasteiger partial charge in [-0.2, -0.15) is 0 Å². The van der Waals surface area contributed by atoms with Crippen molar-refractivity contribution < 1.29 is 14.3 Å². The zero-order valence-corrected chi connectivity index (χ0v) is 8.58. The molecule has 0 radical (unpaired) electrons. The van der Waals surface area contributed by atoms with E-state index in [1.165, 1.54) is 0 Å². The van der Waals surface area contributed by atoms with Gasteiger partial charge in [-0.25, -0.2) is 0 Å². The van der Waals surface area contributed by atoms with E-state index in [-0.39, 0.29) is 0 Å². The topological polar surface area (TPSA) is 39.7 Å². The lowest BCUT2D eigenvalue weighted by atomic mass is 10.5. The summed E-state index contributed by atoms with van der Waals surface area (Å²) in [4.78, 5) is 4.96. The van der Waals surface area contributed by atoms with Crippen molar-refractivity contribution >= 4 is 0 Å². The molecule has 0 amide bonds. The van der Waals surface area contributed by atoms with Gasteiger partial charge in [0.05, 0.1) is 0 Å². The Labute approximate surface area is 79.8 Å². The van der Waals surface area contributed by atoms with Gasteiger partial charge in [0.2, 0.25) is 6.41 Å². The van der Waals surface area contributed by atoms with Crippen LogP contribution < -0.4 is 5.48 Å². The summed E-state index contributed by atoms with van der Waals surface area (Å²) in [5.41, 5.74) is 2.63. The summed E-state index contributed by atoms with van der Waals surface area (Å²) in [5, 5.41) is 0. The second-order valence-corrected chi connectivity index (χ2v) is 2.26. The summed E-state index contributed by atoms with van der Waals surface area (Å²) < 4.78 is 10.3. The van der Waals surface area contributed by atoms with Gasteiger partial charge in [0.15, 0.2) is 0 Å². The molecule has 78 valence electrons. The van der Waals surface area contributed by atoms with Gasteiger partial charge < -0.3 is 14.3 Å². The molecule has 0 spiro atoms. The fourth-order valence-electron chi connectivity index (χ4n) is 0.658. The first-order valence-corrected chi connectivity index (χ1v) is 4.64. The second kappa shape index (κ2) is 9.51. The number of allylic oxidation sites excluding steroid dienone is 1. The van der Waals surface area contributed by atoms with Crippen molar-refractivity contribution in [1.29, 1.82) is 0 Å². The lowest BCUT2D eigenvalue weighted by Gasteiger charge is -2.16. The van der Waals surface area contributed by atoms with E-state index in [0.717, 1.165) is 6.42 Å². The second-order valence-electron chi connectivity index (χ2n) is 2.26. The largest absolute Gasteiger partial charge is 0.412 e. The SMILES string of the molecule is CCC=CONC(OCC)OCC. The monoisotopic (exact) mass is 189 g/mol. The van der Waals surface area contributed by atoms with Crippen LogP contribution >= 0.6 is 0 Å². The highest BCUT2D eigenvalue weighted by molar-refractivity contribution is 4.69. The number of nitrogens with one attached hydrogen (secondary N) is 1. The van der Waals surface area contributed by atoms with Crippen molar-refractivity contribution in [1.82, 2.24) is 5.48 Å². The molecule has 0 aliphatic rings. The molecule has 0 aliphatic heterocycles. The minimum absolute atomic E-state index is 0.489. The van der Waals surface area contributed by atoms with Gasteiger partial charge in [0, 0.05) is 13.2 Å². The lowest BCUT2D eigenvalue weighted by Crippen LogP contribution is -2.33. The Morgan fingerprint density at radius 3 is 2.23 bits per heavy atom. The average Bonchev–Trinajstić information content (AvgIpc) is 2.13. The standard InChI is InChI=1S/C9H19NO3/c1-4-7-8-13-10-9(11-5-2)12-6-3/h7-10H,4-6H2,1-3H3. The van der Waals surface area contributed by atoms with Crippen molar-refractivity contribution in [3.05, 3.63) is 12.3 Å². The van der Waals surface area contributed by atoms with Crippen molar-refractivity contribution in [3.8, 4) is 0 Å². The number of hydroxylamine groups is 1. The quantitative estimate of drug-likeness (QED) is 0.359. The predicted octanol–water partition coefficient (Wildman–Crippen LogP) is 1.79. The van der Waals surface area contributed by atoms with Crippen molar-refractivity contribution in [2.45, 2.75) is 33.6 Å². The number of rotatable bonds is 8. The first-order chi connectivity index (χ1) is 6.35. The third-order valence-corrected chi connectivity index (χ3v) is 1.20. The van der Waals surface area contributed by atoms with Gasteiger partial charge in [0.1, 0.15) is 6.26 Å². The Hall–Kier alpha value is -0.580. The molecule has 0 saturated carbocycles. The Bertz CT molecular complexity index is 122. The number of hydrogen-bond acceptors (Lipinski definition) is 4.